The summed E-state index contributed by atoms with van der Waals surface area (Å²) >= 11 is 0. The van der Waals surface area contributed by atoms with Crippen LogP contribution in [0.25, 0.3) is 66.4 Å². The number of aryl methyl sites for hydroxylation is 4. The first-order chi connectivity index (χ1) is 48.3. The average molecular weight is 1360 g/mol. The van der Waals surface area contributed by atoms with E-state index in [1.807, 2.05) is 110 Å². The molecule has 5 aliphatic rings. The van der Waals surface area contributed by atoms with Gasteiger partial charge in [-0.25, -0.2) is 28.4 Å². The lowest BCUT2D eigenvalue weighted by atomic mass is 9.89. The minimum absolute atomic E-state index is 0.0394. The van der Waals surface area contributed by atoms with Crippen molar-refractivity contribution in [1.82, 2.24) is 64.3 Å². The molecule has 4 amide bonds. The molecular weight excluding hydrogens is 1280 g/mol. The molecular formula is C75H73N17O7S. The summed E-state index contributed by atoms with van der Waals surface area (Å²) in [6, 6.07) is 35.8. The summed E-state index contributed by atoms with van der Waals surface area (Å²) in [5.74, 6) is 1.53. The van der Waals surface area contributed by atoms with Crippen molar-refractivity contribution in [3.63, 3.8) is 0 Å². The molecule has 8 aromatic heterocycles. The van der Waals surface area contributed by atoms with Crippen molar-refractivity contribution < 1.29 is 32.7 Å². The third-order valence-corrected chi connectivity index (χ3v) is 20.3. The number of carbonyl (C=O) groups is 4. The van der Waals surface area contributed by atoms with Crippen LogP contribution in [0.3, 0.4) is 0 Å². The maximum atomic E-state index is 12.9. The van der Waals surface area contributed by atoms with E-state index in [1.54, 1.807) is 34.1 Å². The second-order valence-electron chi connectivity index (χ2n) is 26.1. The molecule has 25 heteroatoms. The number of fused-ring (bicyclic) bond motifs is 7. The smallest absolute Gasteiger partial charge is 0.254 e. The molecule has 0 bridgehead atoms. The highest BCUT2D eigenvalue weighted by molar-refractivity contribution is 7.89. The first-order valence-corrected chi connectivity index (χ1v) is 35.2. The Hall–Kier alpha value is -11.7. The van der Waals surface area contributed by atoms with E-state index in [-0.39, 0.29) is 42.0 Å². The SMILES string of the molecule is CN1CCc2cc(Nc3ccc(-c4ccnc5c4ccn5C)c4c3C(=O)NC4)nn2CC1=O.Cc1cc(Nc2ccc(N3CCC(O)CC3)cn2)c2c(c1-c1cccc3c1ccn3C)CNC2=O.Cn1ccc2c(-c3ccc(Nc4ccc(CS(C)(=O)=O)cn4)c4c3CNC4=O)ccnc21. The molecule has 1 fully saturated rings. The molecule has 0 saturated carbocycles. The number of anilines is 7. The molecule has 0 unspecified atom stereocenters. The van der Waals surface area contributed by atoms with E-state index in [0.717, 1.165) is 127 Å². The second kappa shape index (κ2) is 25.9. The Morgan fingerprint density at radius 1 is 0.550 bits per heavy atom. The van der Waals surface area contributed by atoms with Crippen molar-refractivity contribution in [2.75, 3.05) is 53.8 Å². The minimum atomic E-state index is -3.13. The Bertz CT molecular complexity index is 5420. The predicted molar refractivity (Wildman–Crippen MR) is 387 cm³/mol. The summed E-state index contributed by atoms with van der Waals surface area (Å²) in [4.78, 5) is 72.5. The normalized spacial score (nSPS) is 14.9. The Balaban J connectivity index is 0.000000122. The number of rotatable bonds is 12. The van der Waals surface area contributed by atoms with Crippen LogP contribution in [0.1, 0.15) is 77.4 Å². The molecule has 5 aliphatic heterocycles. The number of nitrogens with one attached hydrogen (secondary N) is 6. The van der Waals surface area contributed by atoms with Gasteiger partial charge in [-0.3, -0.25) is 23.9 Å². The van der Waals surface area contributed by atoms with Crippen LogP contribution in [0, 0.1) is 6.92 Å². The highest BCUT2D eigenvalue weighted by Gasteiger charge is 2.32. The molecule has 7 N–H and O–H groups in total. The first-order valence-electron chi connectivity index (χ1n) is 33.1. The molecule has 100 heavy (non-hydrogen) atoms. The van der Waals surface area contributed by atoms with Gasteiger partial charge in [-0.1, -0.05) is 30.3 Å². The number of pyridine rings is 4. The lowest BCUT2D eigenvalue weighted by molar-refractivity contribution is -0.130. The van der Waals surface area contributed by atoms with Gasteiger partial charge in [-0.05, 0) is 154 Å². The van der Waals surface area contributed by atoms with Gasteiger partial charge in [0.25, 0.3) is 17.7 Å². The molecule has 0 aliphatic carbocycles. The van der Waals surface area contributed by atoms with Crippen LogP contribution in [0.4, 0.5) is 40.2 Å². The fourth-order valence-corrected chi connectivity index (χ4v) is 15.1. The first kappa shape index (κ1) is 64.3. The molecule has 17 rings (SSSR count). The number of aromatic nitrogens is 9. The molecule has 24 nitrogen and oxygen atoms in total. The number of hydrogen-bond acceptors (Lipinski definition) is 16. The second-order valence-corrected chi connectivity index (χ2v) is 28.3. The number of hydrogen-bond donors (Lipinski definition) is 7. The number of nitrogens with zero attached hydrogens (tertiary/aromatic N) is 11. The van der Waals surface area contributed by atoms with Crippen molar-refractivity contribution in [1.29, 1.82) is 0 Å². The van der Waals surface area contributed by atoms with Crippen molar-refractivity contribution in [3.8, 4) is 33.4 Å². The monoisotopic (exact) mass is 1360 g/mol. The third-order valence-electron chi connectivity index (χ3n) is 19.4. The minimum Gasteiger partial charge on any atom is -0.393 e. The number of benzene rings is 4. The van der Waals surface area contributed by atoms with Gasteiger partial charge in [-0.15, -0.1) is 0 Å². The number of piperidine rings is 1. The van der Waals surface area contributed by atoms with E-state index < -0.39 is 9.84 Å². The van der Waals surface area contributed by atoms with Crippen LogP contribution in [0.2, 0.25) is 0 Å². The van der Waals surface area contributed by atoms with E-state index in [4.69, 9.17) is 0 Å². The number of likely N-dealkylation sites (N-methyl/N-ethyl adjacent to an activating group) is 1. The lowest BCUT2D eigenvalue weighted by Crippen LogP contribution is -2.35. The third kappa shape index (κ3) is 12.3. The summed E-state index contributed by atoms with van der Waals surface area (Å²) in [6.45, 7) is 6.07. The van der Waals surface area contributed by atoms with Crippen molar-refractivity contribution in [2.24, 2.45) is 21.1 Å². The van der Waals surface area contributed by atoms with Gasteiger partial charge < -0.3 is 60.5 Å². The fourth-order valence-electron chi connectivity index (χ4n) is 14.4. The molecule has 0 radical (unpaired) electrons. The van der Waals surface area contributed by atoms with Gasteiger partial charge in [0, 0.05) is 151 Å². The summed E-state index contributed by atoms with van der Waals surface area (Å²) in [7, 11) is 4.66. The summed E-state index contributed by atoms with van der Waals surface area (Å²) in [5, 5.41) is 36.4. The number of amides is 4. The Morgan fingerprint density at radius 2 is 1.11 bits per heavy atom. The molecule has 506 valence electrons. The highest BCUT2D eigenvalue weighted by Crippen LogP contribution is 2.43. The summed E-state index contributed by atoms with van der Waals surface area (Å²) in [6.07, 6.45) is 16.3. The zero-order valence-electron chi connectivity index (χ0n) is 56.0. The zero-order valence-corrected chi connectivity index (χ0v) is 56.8. The Kier molecular flexibility index (Phi) is 16.7. The molecule has 12 aromatic rings. The van der Waals surface area contributed by atoms with E-state index in [0.29, 0.717) is 77.3 Å². The number of aliphatic hydroxyl groups is 1. The standard InChI is InChI=1S/C28H29N5O2.C24H23N7O2.C23H21N5O3S/c1-17-14-23(31-25-7-6-18(15-29-25)33-12-8-19(34)9-13-33)27-22(16-30-28(27)35)26(17)21-4-3-5-24-20(21)10-11-32(24)2;1-29-9-6-14-11-20(28-31(14)13-21(29)32)27-19-4-3-15(18-12-26-24(33)22(18)19)16-5-8-25-23-17(16)7-10-30(23)2;1-28-10-8-17-16(7-9-24-22(17)28)15-4-5-19(21-18(15)12-26-23(21)29)27-20-6-3-14(11-25-20)13-32(2,30)31/h3-7,10-11,14-15,19,34H,8-9,12-13,16H2,1-2H3,(H,29,31)(H,30,35);3-5,7-8,10-11H,6,9,12-13H2,1-2H3,(H,26,33)(H,27,28);3-11H,12-13H2,1-2H3,(H,25,27)(H,26,29). The largest absolute Gasteiger partial charge is 0.393 e. The van der Waals surface area contributed by atoms with Crippen LogP contribution in [0.5, 0.6) is 0 Å². The average Bonchev–Trinajstić information content (AvgIpc) is 1.57. The number of aliphatic hydroxyl groups excluding tert-OH is 1. The van der Waals surface area contributed by atoms with E-state index in [9.17, 15) is 32.7 Å². The van der Waals surface area contributed by atoms with Crippen LogP contribution in [-0.4, -0.2) is 125 Å². The van der Waals surface area contributed by atoms with Crippen LogP contribution < -0.4 is 36.8 Å². The maximum absolute atomic E-state index is 12.9. The topological polar surface area (TPSA) is 285 Å². The van der Waals surface area contributed by atoms with Gasteiger partial charge in [0.15, 0.2) is 15.7 Å². The number of sulfone groups is 1. The molecule has 0 spiro atoms. The number of carbonyl (C=O) groups excluding carboxylic acids is 4. The predicted octanol–water partition coefficient (Wildman–Crippen LogP) is 10.1. The maximum Gasteiger partial charge on any atom is 0.254 e. The van der Waals surface area contributed by atoms with Gasteiger partial charge >= 0.3 is 0 Å². The van der Waals surface area contributed by atoms with E-state index in [1.165, 1.54) is 23.4 Å². The van der Waals surface area contributed by atoms with Gasteiger partial charge in [0.2, 0.25) is 5.91 Å². The Morgan fingerprint density at radius 3 is 1.70 bits per heavy atom. The summed E-state index contributed by atoms with van der Waals surface area (Å²) in [5.41, 5.74) is 20.0. The molecule has 13 heterocycles. The van der Waals surface area contributed by atoms with Gasteiger partial charge in [0.1, 0.15) is 29.5 Å². The highest BCUT2D eigenvalue weighted by atomic mass is 32.2. The van der Waals surface area contributed by atoms with Crippen LogP contribution in [0.15, 0.2) is 153 Å². The summed E-state index contributed by atoms with van der Waals surface area (Å²) < 4.78 is 30.8. The zero-order chi connectivity index (χ0) is 69.3. The van der Waals surface area contributed by atoms with Crippen molar-refractivity contribution in [3.05, 3.63) is 203 Å². The molecule has 4 aromatic carbocycles. The van der Waals surface area contributed by atoms with Crippen LogP contribution >= 0.6 is 0 Å². The van der Waals surface area contributed by atoms with Gasteiger partial charge in [0.05, 0.1) is 57.5 Å². The fraction of sp³-hybridized carbons (Fsp3) is 0.240. The van der Waals surface area contributed by atoms with Crippen molar-refractivity contribution >= 4 is 107 Å². The van der Waals surface area contributed by atoms with Crippen LogP contribution in [-0.2, 0) is 74.1 Å². The van der Waals surface area contributed by atoms with E-state index in [2.05, 4.69) is 123 Å². The Labute approximate surface area is 576 Å². The molecule has 0 atom stereocenters. The van der Waals surface area contributed by atoms with E-state index >= 15 is 0 Å². The van der Waals surface area contributed by atoms with Gasteiger partial charge in [-0.2, -0.15) is 5.10 Å². The van der Waals surface area contributed by atoms with Crippen molar-refractivity contribution in [2.45, 2.75) is 64.2 Å². The molecule has 1 saturated heterocycles. The lowest BCUT2D eigenvalue weighted by Gasteiger charge is -2.31. The quantitative estimate of drug-likeness (QED) is 0.0599.